The topological polar surface area (TPSA) is 18.5 Å². The average molecular weight is 325 g/mol. The fourth-order valence-electron chi connectivity index (χ4n) is 1.64. The van der Waals surface area contributed by atoms with E-state index in [1.807, 2.05) is 30.3 Å². The minimum atomic E-state index is -4.32. The largest absolute Gasteiger partial charge is 0.494 e. The summed E-state index contributed by atoms with van der Waals surface area (Å²) in [7, 11) is 0. The van der Waals surface area contributed by atoms with Crippen molar-refractivity contribution >= 4 is 11.6 Å². The van der Waals surface area contributed by atoms with Crippen LogP contribution in [0, 0.1) is 0 Å². The van der Waals surface area contributed by atoms with E-state index in [1.165, 1.54) is 0 Å². The van der Waals surface area contributed by atoms with Gasteiger partial charge in [0.2, 0.25) is 0 Å². The third kappa shape index (κ3) is 8.83. The third-order valence-electron chi connectivity index (χ3n) is 2.80. The van der Waals surface area contributed by atoms with Crippen LogP contribution in [0.3, 0.4) is 0 Å². The predicted molar refractivity (Wildman–Crippen MR) is 76.9 cm³/mol. The van der Waals surface area contributed by atoms with E-state index < -0.39 is 11.6 Å². The van der Waals surface area contributed by atoms with Crippen molar-refractivity contribution in [3.63, 3.8) is 0 Å². The zero-order valence-electron chi connectivity index (χ0n) is 11.7. The molecule has 0 aliphatic rings. The molecule has 1 aromatic carbocycles. The molecule has 1 unspecified atom stereocenters. The van der Waals surface area contributed by atoms with Crippen LogP contribution in [-0.2, 0) is 4.74 Å². The van der Waals surface area contributed by atoms with Crippen molar-refractivity contribution in [3.8, 4) is 5.75 Å². The Hall–Kier alpha value is -0.940. The van der Waals surface area contributed by atoms with Crippen LogP contribution in [0.15, 0.2) is 30.3 Å². The fourth-order valence-corrected chi connectivity index (χ4v) is 1.80. The van der Waals surface area contributed by atoms with E-state index in [9.17, 15) is 13.2 Å². The van der Waals surface area contributed by atoms with Crippen molar-refractivity contribution in [3.05, 3.63) is 30.3 Å². The molecule has 0 bridgehead atoms. The van der Waals surface area contributed by atoms with Gasteiger partial charge in [-0.2, -0.15) is 13.2 Å². The first-order valence-electron chi connectivity index (χ1n) is 6.96. The van der Waals surface area contributed by atoms with Gasteiger partial charge in [-0.3, -0.25) is 0 Å². The number of ether oxygens (including phenoxy) is 2. The van der Waals surface area contributed by atoms with E-state index >= 15 is 0 Å². The normalized spacial score (nSPS) is 13.1. The van der Waals surface area contributed by atoms with Crippen LogP contribution in [0.4, 0.5) is 13.2 Å². The maximum atomic E-state index is 12.1. The van der Waals surface area contributed by atoms with Crippen LogP contribution in [0.5, 0.6) is 5.75 Å². The molecule has 1 aromatic rings. The second-order valence-electron chi connectivity index (χ2n) is 4.63. The molecule has 0 spiro atoms. The number of benzene rings is 1. The number of rotatable bonds is 10. The Morgan fingerprint density at radius 3 is 2.24 bits per heavy atom. The highest BCUT2D eigenvalue weighted by molar-refractivity contribution is 6.21. The molecule has 1 rings (SSSR count). The van der Waals surface area contributed by atoms with Crippen LogP contribution in [0.25, 0.3) is 0 Å². The Bertz CT molecular complexity index is 371. The number of hydrogen-bond donors (Lipinski definition) is 0. The van der Waals surface area contributed by atoms with Gasteiger partial charge < -0.3 is 9.47 Å². The molecule has 2 nitrogen and oxygen atoms in total. The molecular formula is C15H20ClF3O2. The Morgan fingerprint density at radius 2 is 1.57 bits per heavy atom. The molecule has 1 atom stereocenters. The fraction of sp³-hybridized carbons (Fsp3) is 0.600. The highest BCUT2D eigenvalue weighted by Crippen LogP contribution is 2.27. The summed E-state index contributed by atoms with van der Waals surface area (Å²) in [6.07, 6.45) is -2.46. The Balaban J connectivity index is 1.89. The molecule has 0 radical (unpaired) electrons. The zero-order valence-corrected chi connectivity index (χ0v) is 12.5. The lowest BCUT2D eigenvalue weighted by atomic mass is 10.2. The smallest absolute Gasteiger partial charge is 0.404 e. The van der Waals surface area contributed by atoms with Crippen LogP contribution < -0.4 is 4.74 Å². The van der Waals surface area contributed by atoms with Gasteiger partial charge in [-0.1, -0.05) is 18.2 Å². The van der Waals surface area contributed by atoms with Crippen LogP contribution >= 0.6 is 11.6 Å². The van der Waals surface area contributed by atoms with E-state index in [4.69, 9.17) is 21.1 Å². The maximum Gasteiger partial charge on any atom is 0.404 e. The number of halogens is 4. The van der Waals surface area contributed by atoms with Crippen LogP contribution in [-0.4, -0.2) is 31.4 Å². The minimum Gasteiger partial charge on any atom is -0.494 e. The quantitative estimate of drug-likeness (QED) is 0.454. The molecule has 0 aromatic heterocycles. The van der Waals surface area contributed by atoms with Gasteiger partial charge in [-0.25, -0.2) is 0 Å². The molecule has 0 amide bonds. The monoisotopic (exact) mass is 324 g/mol. The number of alkyl halides is 4. The van der Waals surface area contributed by atoms with E-state index in [0.29, 0.717) is 26.2 Å². The van der Waals surface area contributed by atoms with E-state index in [1.54, 1.807) is 0 Å². The summed E-state index contributed by atoms with van der Waals surface area (Å²) in [5, 5.41) is -1.78. The van der Waals surface area contributed by atoms with Gasteiger partial charge >= 0.3 is 6.18 Å². The highest BCUT2D eigenvalue weighted by atomic mass is 35.5. The van der Waals surface area contributed by atoms with Gasteiger partial charge in [-0.15, -0.1) is 11.6 Å². The van der Waals surface area contributed by atoms with Crippen molar-refractivity contribution in [1.29, 1.82) is 0 Å². The summed E-state index contributed by atoms with van der Waals surface area (Å²) in [5.74, 6) is 0.832. The van der Waals surface area contributed by atoms with Gasteiger partial charge in [0, 0.05) is 13.2 Å². The summed E-state index contributed by atoms with van der Waals surface area (Å²) in [6, 6.07) is 9.51. The van der Waals surface area contributed by atoms with Gasteiger partial charge in [-0.05, 0) is 37.8 Å². The van der Waals surface area contributed by atoms with Gasteiger partial charge in [0.05, 0.1) is 6.61 Å². The average Bonchev–Trinajstić information content (AvgIpc) is 2.45. The van der Waals surface area contributed by atoms with Crippen molar-refractivity contribution in [2.45, 2.75) is 37.2 Å². The van der Waals surface area contributed by atoms with E-state index in [0.717, 1.165) is 18.6 Å². The molecule has 0 saturated heterocycles. The molecule has 6 heteroatoms. The number of para-hydroxylation sites is 1. The maximum absolute atomic E-state index is 12.1. The van der Waals surface area contributed by atoms with Crippen molar-refractivity contribution in [2.24, 2.45) is 0 Å². The van der Waals surface area contributed by atoms with Crippen LogP contribution in [0.1, 0.15) is 25.7 Å². The van der Waals surface area contributed by atoms with Gasteiger partial charge in [0.1, 0.15) is 11.1 Å². The lowest BCUT2D eigenvalue weighted by Gasteiger charge is -2.13. The molecule has 0 aliphatic carbocycles. The first-order chi connectivity index (χ1) is 10.00. The lowest BCUT2D eigenvalue weighted by Crippen LogP contribution is -2.23. The van der Waals surface area contributed by atoms with E-state index in [2.05, 4.69) is 0 Å². The van der Waals surface area contributed by atoms with Gasteiger partial charge in [0.15, 0.2) is 0 Å². The first kappa shape index (κ1) is 18.1. The summed E-state index contributed by atoms with van der Waals surface area (Å²) in [5.41, 5.74) is 0. The molecule has 120 valence electrons. The van der Waals surface area contributed by atoms with Crippen molar-refractivity contribution < 1.29 is 22.6 Å². The summed E-state index contributed by atoms with van der Waals surface area (Å²) < 4.78 is 47.1. The SMILES string of the molecule is FC(F)(F)C(Cl)CCCOCCCCOc1ccccc1. The lowest BCUT2D eigenvalue weighted by molar-refractivity contribution is -0.132. The zero-order chi connectivity index (χ0) is 15.6. The Morgan fingerprint density at radius 1 is 0.952 bits per heavy atom. The summed E-state index contributed by atoms with van der Waals surface area (Å²) in [6.45, 7) is 1.43. The summed E-state index contributed by atoms with van der Waals surface area (Å²) in [4.78, 5) is 0. The van der Waals surface area contributed by atoms with Gasteiger partial charge in [0.25, 0.3) is 0 Å². The second-order valence-corrected chi connectivity index (χ2v) is 5.16. The molecule has 0 fully saturated rings. The molecule has 0 aliphatic heterocycles. The summed E-state index contributed by atoms with van der Waals surface area (Å²) >= 11 is 5.20. The standard InChI is InChI=1S/C15H20ClF3O2/c16-14(15(17,18)19)9-6-11-20-10-4-5-12-21-13-7-2-1-3-8-13/h1-3,7-8,14H,4-6,9-12H2. The van der Waals surface area contributed by atoms with E-state index in [-0.39, 0.29) is 6.42 Å². The minimum absolute atomic E-state index is 0.109. The van der Waals surface area contributed by atoms with Crippen molar-refractivity contribution in [1.82, 2.24) is 0 Å². The van der Waals surface area contributed by atoms with Crippen LogP contribution in [0.2, 0.25) is 0 Å². The Kier molecular flexibility index (Phi) is 8.54. The number of hydrogen-bond acceptors (Lipinski definition) is 2. The molecule has 0 saturated carbocycles. The molecule has 0 heterocycles. The molecule has 0 N–H and O–H groups in total. The number of unbranched alkanes of at least 4 members (excludes halogenated alkanes) is 1. The second kappa shape index (κ2) is 9.90. The highest BCUT2D eigenvalue weighted by Gasteiger charge is 2.37. The molecule has 21 heavy (non-hydrogen) atoms. The molecular weight excluding hydrogens is 305 g/mol. The third-order valence-corrected chi connectivity index (χ3v) is 3.26. The van der Waals surface area contributed by atoms with Crippen molar-refractivity contribution in [2.75, 3.05) is 19.8 Å². The predicted octanol–water partition coefficient (Wildman–Crippen LogP) is 4.81. The first-order valence-corrected chi connectivity index (χ1v) is 7.40. The Labute approximate surface area is 128 Å².